The van der Waals surface area contributed by atoms with Crippen molar-refractivity contribution in [3.05, 3.63) is 58.1 Å². The quantitative estimate of drug-likeness (QED) is 0.278. The molecule has 0 spiro atoms. The number of hydrogen-bond acceptors (Lipinski definition) is 7. The molecule has 224 valence electrons. The topological polar surface area (TPSA) is 145 Å². The van der Waals surface area contributed by atoms with E-state index in [1.165, 1.54) is 6.07 Å². The van der Waals surface area contributed by atoms with E-state index in [0.717, 1.165) is 19.3 Å². The lowest BCUT2D eigenvalue weighted by Gasteiger charge is -2.30. The fraction of sp³-hybridized carbons (Fsp3) is 0.400. The van der Waals surface area contributed by atoms with E-state index in [0.29, 0.717) is 43.0 Å². The maximum Gasteiger partial charge on any atom is 0.317 e. The Bertz CT molecular complexity index is 1720. The van der Waals surface area contributed by atoms with Crippen LogP contribution in [-0.2, 0) is 4.79 Å². The number of nitrogens with zero attached hydrogens (tertiary/aromatic N) is 3. The summed E-state index contributed by atoms with van der Waals surface area (Å²) >= 11 is 0. The van der Waals surface area contributed by atoms with Gasteiger partial charge in [0.25, 0.3) is 5.91 Å². The summed E-state index contributed by atoms with van der Waals surface area (Å²) in [6.07, 6.45) is 3.58. The summed E-state index contributed by atoms with van der Waals surface area (Å²) in [6, 6.07) is 6.77. The molecule has 0 bridgehead atoms. The number of pyridine rings is 1. The number of likely N-dealkylation sites (tertiary alicyclic amines) is 1. The molecule has 4 aliphatic heterocycles. The molecule has 2 aromatic carbocycles. The maximum absolute atomic E-state index is 16.0. The third kappa shape index (κ3) is 4.73. The summed E-state index contributed by atoms with van der Waals surface area (Å²) in [6.45, 7) is 1.84. The monoisotopic (exact) mass is 590 g/mol. The van der Waals surface area contributed by atoms with Gasteiger partial charge in [-0.2, -0.15) is 0 Å². The van der Waals surface area contributed by atoms with Gasteiger partial charge in [0.1, 0.15) is 23.0 Å². The number of anilines is 1. The lowest BCUT2D eigenvalue weighted by Crippen LogP contribution is -2.42. The van der Waals surface area contributed by atoms with Gasteiger partial charge in [0.2, 0.25) is 11.3 Å². The van der Waals surface area contributed by atoms with Crippen LogP contribution in [0, 0.1) is 5.82 Å². The number of rotatable bonds is 5. The van der Waals surface area contributed by atoms with Gasteiger partial charge >= 0.3 is 6.03 Å². The van der Waals surface area contributed by atoms with Gasteiger partial charge < -0.3 is 40.2 Å². The van der Waals surface area contributed by atoms with E-state index in [1.807, 2.05) is 12.1 Å². The van der Waals surface area contributed by atoms with E-state index >= 15 is 4.39 Å². The second-order valence-electron chi connectivity index (χ2n) is 11.5. The lowest BCUT2D eigenvalue weighted by atomic mass is 10.0. The van der Waals surface area contributed by atoms with Crippen molar-refractivity contribution in [3.63, 3.8) is 0 Å². The van der Waals surface area contributed by atoms with Crippen molar-refractivity contribution in [1.29, 1.82) is 0 Å². The standard InChI is InChI=1S/C30H31FN6O6/c31-19-12-17-24-27(25(19)36-11-8-16(14-36)32-23(38)13-20-28(40)34-30(42)33-20)43-22-7-3-2-6-21(22)37(24)15-18(26(17)39)29(41)35-9-4-1-5-10-35/h2-3,6-7,12,15-16,20,28,40H,1,4-5,8-11,13-14H2,(H,32,38)(H2,33,34,42). The molecular formula is C30H31FN6O6. The summed E-state index contributed by atoms with van der Waals surface area (Å²) in [4.78, 5) is 54.7. The smallest absolute Gasteiger partial charge is 0.317 e. The fourth-order valence-corrected chi connectivity index (χ4v) is 6.52. The summed E-state index contributed by atoms with van der Waals surface area (Å²) in [5.74, 6) is -0.743. The Balaban J connectivity index is 1.23. The van der Waals surface area contributed by atoms with E-state index in [1.54, 1.807) is 32.7 Å². The zero-order chi connectivity index (χ0) is 29.8. The Morgan fingerprint density at radius 1 is 1.09 bits per heavy atom. The van der Waals surface area contributed by atoms with Crippen LogP contribution in [0.5, 0.6) is 11.5 Å². The number of hydrogen-bond donors (Lipinski definition) is 4. The minimum absolute atomic E-state index is 0.00748. The molecule has 4 N–H and O–H groups in total. The van der Waals surface area contributed by atoms with E-state index in [9.17, 15) is 24.3 Å². The fourth-order valence-electron chi connectivity index (χ4n) is 6.52. The summed E-state index contributed by atoms with van der Waals surface area (Å²) < 4.78 is 24.0. The van der Waals surface area contributed by atoms with E-state index < -0.39 is 29.5 Å². The van der Waals surface area contributed by atoms with Gasteiger partial charge in [-0.25, -0.2) is 9.18 Å². The van der Waals surface area contributed by atoms with Crippen molar-refractivity contribution >= 4 is 34.4 Å². The van der Waals surface area contributed by atoms with Crippen molar-refractivity contribution in [2.45, 2.75) is 50.4 Å². The molecule has 0 saturated carbocycles. The highest BCUT2D eigenvalue weighted by Gasteiger charge is 2.36. The number of amides is 4. The first-order valence-electron chi connectivity index (χ1n) is 14.6. The van der Waals surface area contributed by atoms with Crippen LogP contribution in [0.15, 0.2) is 41.3 Å². The van der Waals surface area contributed by atoms with Gasteiger partial charge in [-0.1, -0.05) is 12.1 Å². The molecule has 0 aliphatic carbocycles. The average Bonchev–Trinajstić information content (AvgIpc) is 3.58. The van der Waals surface area contributed by atoms with Crippen LogP contribution in [-0.4, -0.2) is 76.9 Å². The second kappa shape index (κ2) is 10.6. The maximum atomic E-state index is 16.0. The Hall–Kier alpha value is -4.65. The molecule has 3 fully saturated rings. The SMILES string of the molecule is O=C(CC1NC(=O)NC1O)NC1CCN(c2c(F)cc3c(=O)c(C(=O)N4CCCCC4)cn4c3c2Oc2ccccc2-4)C1. The van der Waals surface area contributed by atoms with Crippen LogP contribution in [0.4, 0.5) is 14.9 Å². The van der Waals surface area contributed by atoms with Crippen molar-refractivity contribution < 1.29 is 28.6 Å². The zero-order valence-electron chi connectivity index (χ0n) is 23.3. The Morgan fingerprint density at radius 2 is 1.88 bits per heavy atom. The third-order valence-corrected chi connectivity index (χ3v) is 8.63. The van der Waals surface area contributed by atoms with Crippen LogP contribution < -0.4 is 31.0 Å². The van der Waals surface area contributed by atoms with E-state index in [2.05, 4.69) is 16.0 Å². The molecule has 3 unspecified atom stereocenters. The minimum Gasteiger partial charge on any atom is -0.451 e. The normalized spacial score (nSPS) is 22.6. The Kier molecular flexibility index (Phi) is 6.68. The van der Waals surface area contributed by atoms with Crippen molar-refractivity contribution in [2.75, 3.05) is 31.1 Å². The number of aliphatic hydroxyl groups is 1. The molecule has 13 heteroatoms. The average molecular weight is 591 g/mol. The molecule has 43 heavy (non-hydrogen) atoms. The van der Waals surface area contributed by atoms with Gasteiger partial charge in [-0.05, 0) is 43.9 Å². The molecular weight excluding hydrogens is 559 g/mol. The first-order valence-corrected chi connectivity index (χ1v) is 14.6. The van der Waals surface area contributed by atoms with Gasteiger partial charge in [0.15, 0.2) is 17.3 Å². The summed E-state index contributed by atoms with van der Waals surface area (Å²) in [5, 5.41) is 17.6. The van der Waals surface area contributed by atoms with Gasteiger partial charge in [0, 0.05) is 38.4 Å². The number of piperidine rings is 1. The molecule has 0 radical (unpaired) electrons. The second-order valence-corrected chi connectivity index (χ2v) is 11.5. The summed E-state index contributed by atoms with van der Waals surface area (Å²) in [5.41, 5.74) is 0.629. The van der Waals surface area contributed by atoms with E-state index in [4.69, 9.17) is 4.74 Å². The molecule has 4 aliphatic rings. The molecule has 1 aromatic heterocycles. The highest BCUT2D eigenvalue weighted by atomic mass is 19.1. The van der Waals surface area contributed by atoms with Crippen LogP contribution in [0.1, 0.15) is 42.5 Å². The van der Waals surface area contributed by atoms with Gasteiger partial charge in [-0.15, -0.1) is 0 Å². The first-order chi connectivity index (χ1) is 20.8. The van der Waals surface area contributed by atoms with Crippen LogP contribution >= 0.6 is 0 Å². The van der Waals surface area contributed by atoms with Crippen LogP contribution in [0.25, 0.3) is 16.6 Å². The molecule has 3 atom stereocenters. The molecule has 4 amide bonds. The Labute approximate surface area is 245 Å². The van der Waals surface area contributed by atoms with Crippen molar-refractivity contribution in [1.82, 2.24) is 25.4 Å². The molecule has 5 heterocycles. The summed E-state index contributed by atoms with van der Waals surface area (Å²) in [7, 11) is 0. The number of ether oxygens (including phenoxy) is 1. The molecule has 3 saturated heterocycles. The third-order valence-electron chi connectivity index (χ3n) is 8.63. The number of fused-ring (bicyclic) bond motifs is 2. The molecule has 12 nitrogen and oxygen atoms in total. The Morgan fingerprint density at radius 3 is 2.65 bits per heavy atom. The minimum atomic E-state index is -1.16. The zero-order valence-corrected chi connectivity index (χ0v) is 23.3. The number of urea groups is 1. The number of carbonyl (C=O) groups is 3. The van der Waals surface area contributed by atoms with Gasteiger partial charge in [0.05, 0.1) is 23.5 Å². The highest BCUT2D eigenvalue weighted by molar-refractivity contribution is 6.01. The number of para-hydroxylation sites is 2. The predicted molar refractivity (Wildman–Crippen MR) is 154 cm³/mol. The number of carbonyl (C=O) groups excluding carboxylic acids is 3. The number of benzene rings is 2. The van der Waals surface area contributed by atoms with Crippen LogP contribution in [0.2, 0.25) is 0 Å². The number of nitrogens with one attached hydrogen (secondary N) is 3. The number of halogens is 1. The van der Waals surface area contributed by atoms with Crippen molar-refractivity contribution in [2.24, 2.45) is 0 Å². The van der Waals surface area contributed by atoms with E-state index in [-0.39, 0.29) is 53.2 Å². The highest BCUT2D eigenvalue weighted by Crippen LogP contribution is 2.47. The largest absolute Gasteiger partial charge is 0.451 e. The lowest BCUT2D eigenvalue weighted by molar-refractivity contribution is -0.122. The van der Waals surface area contributed by atoms with Crippen LogP contribution in [0.3, 0.4) is 0 Å². The molecule has 7 rings (SSSR count). The predicted octanol–water partition coefficient (Wildman–Crippen LogP) is 1.95. The number of aliphatic hydroxyl groups excluding tert-OH is 1. The first kappa shape index (κ1) is 27.2. The number of aromatic nitrogens is 1. The van der Waals surface area contributed by atoms with Gasteiger partial charge in [-0.3, -0.25) is 14.4 Å². The van der Waals surface area contributed by atoms with Crippen molar-refractivity contribution in [3.8, 4) is 17.2 Å². The molecule has 3 aromatic rings.